The van der Waals surface area contributed by atoms with Gasteiger partial charge in [0.15, 0.2) is 0 Å². The fourth-order valence-electron chi connectivity index (χ4n) is 2.67. The van der Waals surface area contributed by atoms with E-state index in [-0.39, 0.29) is 11.7 Å². The SMILES string of the molecule is CCNCC1CCN(C(=O)Cc2ccc(F)c(Br)c2)CC1. The minimum atomic E-state index is -0.296. The maximum Gasteiger partial charge on any atom is 0.226 e. The summed E-state index contributed by atoms with van der Waals surface area (Å²) < 4.78 is 13.6. The standard InChI is InChI=1S/C16H22BrFN2O/c1-2-19-11-12-5-7-20(8-6-12)16(21)10-13-3-4-15(18)14(17)9-13/h3-4,9,12,19H,2,5-8,10-11H2,1H3. The molecule has 0 saturated carbocycles. The fraction of sp³-hybridized carbons (Fsp3) is 0.562. The van der Waals surface area contributed by atoms with Crippen LogP contribution >= 0.6 is 15.9 Å². The quantitative estimate of drug-likeness (QED) is 0.879. The van der Waals surface area contributed by atoms with E-state index in [1.807, 2.05) is 4.90 Å². The van der Waals surface area contributed by atoms with E-state index in [0.29, 0.717) is 16.8 Å². The van der Waals surface area contributed by atoms with Gasteiger partial charge in [-0.25, -0.2) is 4.39 Å². The molecular weight excluding hydrogens is 335 g/mol. The second-order valence-electron chi connectivity index (χ2n) is 5.56. The average molecular weight is 357 g/mol. The molecule has 0 atom stereocenters. The highest BCUT2D eigenvalue weighted by Crippen LogP contribution is 2.20. The van der Waals surface area contributed by atoms with E-state index in [4.69, 9.17) is 0 Å². The molecular formula is C16H22BrFN2O. The molecule has 0 spiro atoms. The van der Waals surface area contributed by atoms with Crippen molar-refractivity contribution in [1.82, 2.24) is 10.2 Å². The summed E-state index contributed by atoms with van der Waals surface area (Å²) in [6, 6.07) is 4.76. The molecule has 116 valence electrons. The minimum absolute atomic E-state index is 0.135. The maximum absolute atomic E-state index is 13.2. The van der Waals surface area contributed by atoms with Gasteiger partial charge >= 0.3 is 0 Å². The normalized spacial score (nSPS) is 16.2. The Morgan fingerprint density at radius 1 is 1.43 bits per heavy atom. The molecule has 1 saturated heterocycles. The number of rotatable bonds is 5. The molecule has 1 fully saturated rings. The first-order valence-corrected chi connectivity index (χ1v) is 8.32. The molecule has 2 rings (SSSR count). The summed E-state index contributed by atoms with van der Waals surface area (Å²) in [6.45, 7) is 5.82. The summed E-state index contributed by atoms with van der Waals surface area (Å²) in [5.74, 6) is 0.514. The van der Waals surface area contributed by atoms with Crippen LogP contribution in [0.2, 0.25) is 0 Å². The van der Waals surface area contributed by atoms with E-state index in [9.17, 15) is 9.18 Å². The maximum atomic E-state index is 13.2. The predicted molar refractivity (Wildman–Crippen MR) is 85.7 cm³/mol. The van der Waals surface area contributed by atoms with Crippen molar-refractivity contribution in [3.8, 4) is 0 Å². The van der Waals surface area contributed by atoms with E-state index in [0.717, 1.165) is 44.6 Å². The molecule has 3 nitrogen and oxygen atoms in total. The van der Waals surface area contributed by atoms with Crippen LogP contribution in [0.25, 0.3) is 0 Å². The van der Waals surface area contributed by atoms with Crippen molar-refractivity contribution >= 4 is 21.8 Å². The molecule has 0 aromatic heterocycles. The van der Waals surface area contributed by atoms with Crippen molar-refractivity contribution in [3.05, 3.63) is 34.1 Å². The molecule has 1 amide bonds. The molecule has 1 aliphatic rings. The number of nitrogens with one attached hydrogen (secondary N) is 1. The first-order valence-electron chi connectivity index (χ1n) is 7.52. The number of carbonyl (C=O) groups excluding carboxylic acids is 1. The van der Waals surface area contributed by atoms with E-state index >= 15 is 0 Å². The topological polar surface area (TPSA) is 32.3 Å². The number of benzene rings is 1. The van der Waals surface area contributed by atoms with Gasteiger partial charge in [0.25, 0.3) is 0 Å². The van der Waals surface area contributed by atoms with Crippen molar-refractivity contribution in [3.63, 3.8) is 0 Å². The van der Waals surface area contributed by atoms with E-state index in [2.05, 4.69) is 28.2 Å². The van der Waals surface area contributed by atoms with Gasteiger partial charge in [0.1, 0.15) is 5.82 Å². The Kier molecular flexibility index (Phi) is 6.18. The highest BCUT2D eigenvalue weighted by molar-refractivity contribution is 9.10. The van der Waals surface area contributed by atoms with Crippen LogP contribution in [0.4, 0.5) is 4.39 Å². The Morgan fingerprint density at radius 2 is 2.14 bits per heavy atom. The zero-order chi connectivity index (χ0) is 15.2. The highest BCUT2D eigenvalue weighted by atomic mass is 79.9. The molecule has 1 aromatic rings. The van der Waals surface area contributed by atoms with Crippen LogP contribution in [0.3, 0.4) is 0 Å². The Morgan fingerprint density at radius 3 is 2.76 bits per heavy atom. The van der Waals surface area contributed by atoms with Gasteiger partial charge in [-0.1, -0.05) is 13.0 Å². The molecule has 0 aliphatic carbocycles. The number of hydrogen-bond donors (Lipinski definition) is 1. The predicted octanol–water partition coefficient (Wildman–Crippen LogP) is 2.98. The van der Waals surface area contributed by atoms with Gasteiger partial charge in [0.05, 0.1) is 10.9 Å². The molecule has 1 N–H and O–H groups in total. The van der Waals surface area contributed by atoms with Crippen molar-refractivity contribution in [1.29, 1.82) is 0 Å². The lowest BCUT2D eigenvalue weighted by molar-refractivity contribution is -0.131. The molecule has 5 heteroatoms. The van der Waals surface area contributed by atoms with Crippen molar-refractivity contribution in [2.45, 2.75) is 26.2 Å². The van der Waals surface area contributed by atoms with Crippen LogP contribution in [0.15, 0.2) is 22.7 Å². The smallest absolute Gasteiger partial charge is 0.226 e. The number of nitrogens with zero attached hydrogens (tertiary/aromatic N) is 1. The highest BCUT2D eigenvalue weighted by Gasteiger charge is 2.22. The van der Waals surface area contributed by atoms with Crippen LogP contribution < -0.4 is 5.32 Å². The lowest BCUT2D eigenvalue weighted by atomic mass is 9.96. The Bertz CT molecular complexity index is 487. The summed E-state index contributed by atoms with van der Waals surface area (Å²) in [4.78, 5) is 14.2. The Balaban J connectivity index is 1.83. The average Bonchev–Trinajstić information content (AvgIpc) is 2.49. The Hall–Kier alpha value is -0.940. The van der Waals surface area contributed by atoms with Crippen LogP contribution in [0.5, 0.6) is 0 Å². The van der Waals surface area contributed by atoms with Crippen molar-refractivity contribution in [2.75, 3.05) is 26.2 Å². The van der Waals surface area contributed by atoms with Gasteiger partial charge in [0.2, 0.25) is 5.91 Å². The molecule has 1 heterocycles. The second-order valence-corrected chi connectivity index (χ2v) is 6.41. The first kappa shape index (κ1) is 16.4. The van der Waals surface area contributed by atoms with Crippen LogP contribution in [-0.4, -0.2) is 37.0 Å². The van der Waals surface area contributed by atoms with Crippen LogP contribution in [0.1, 0.15) is 25.3 Å². The first-order chi connectivity index (χ1) is 10.1. The van der Waals surface area contributed by atoms with Crippen molar-refractivity contribution < 1.29 is 9.18 Å². The monoisotopic (exact) mass is 356 g/mol. The summed E-state index contributed by atoms with van der Waals surface area (Å²) in [5, 5.41) is 3.37. The van der Waals surface area contributed by atoms with Gasteiger partial charge in [-0.15, -0.1) is 0 Å². The summed E-state index contributed by atoms with van der Waals surface area (Å²) in [5.41, 5.74) is 0.850. The molecule has 0 bridgehead atoms. The minimum Gasteiger partial charge on any atom is -0.342 e. The number of halogens is 2. The van der Waals surface area contributed by atoms with Crippen LogP contribution in [0, 0.1) is 11.7 Å². The fourth-order valence-corrected chi connectivity index (χ4v) is 3.10. The summed E-state index contributed by atoms with van der Waals surface area (Å²) >= 11 is 3.16. The third kappa shape index (κ3) is 4.78. The molecule has 21 heavy (non-hydrogen) atoms. The number of piperidine rings is 1. The van der Waals surface area contributed by atoms with Gasteiger partial charge in [-0.2, -0.15) is 0 Å². The van der Waals surface area contributed by atoms with Gasteiger partial charge < -0.3 is 10.2 Å². The summed E-state index contributed by atoms with van der Waals surface area (Å²) in [7, 11) is 0. The molecule has 0 unspecified atom stereocenters. The Labute approximate surface area is 134 Å². The number of carbonyl (C=O) groups is 1. The van der Waals surface area contributed by atoms with Crippen LogP contribution in [-0.2, 0) is 11.2 Å². The van der Waals surface area contributed by atoms with Crippen molar-refractivity contribution in [2.24, 2.45) is 5.92 Å². The number of amides is 1. The van der Waals surface area contributed by atoms with E-state index in [1.165, 1.54) is 6.07 Å². The zero-order valence-corrected chi connectivity index (χ0v) is 14.0. The molecule has 1 aliphatic heterocycles. The lowest BCUT2D eigenvalue weighted by Crippen LogP contribution is -2.41. The molecule has 1 aromatic carbocycles. The third-order valence-electron chi connectivity index (χ3n) is 3.99. The number of likely N-dealkylation sites (tertiary alicyclic amines) is 1. The van der Waals surface area contributed by atoms with Gasteiger partial charge in [-0.05, 0) is 65.5 Å². The lowest BCUT2D eigenvalue weighted by Gasteiger charge is -2.32. The van der Waals surface area contributed by atoms with Gasteiger partial charge in [-0.3, -0.25) is 4.79 Å². The molecule has 0 radical (unpaired) electrons. The second kappa shape index (κ2) is 7.90. The van der Waals surface area contributed by atoms with E-state index in [1.54, 1.807) is 12.1 Å². The number of hydrogen-bond acceptors (Lipinski definition) is 2. The largest absolute Gasteiger partial charge is 0.342 e. The zero-order valence-electron chi connectivity index (χ0n) is 12.4. The van der Waals surface area contributed by atoms with Gasteiger partial charge in [0, 0.05) is 13.1 Å². The summed E-state index contributed by atoms with van der Waals surface area (Å²) in [6.07, 6.45) is 2.47. The van der Waals surface area contributed by atoms with E-state index < -0.39 is 0 Å². The third-order valence-corrected chi connectivity index (χ3v) is 4.60.